The van der Waals surface area contributed by atoms with E-state index in [1.165, 1.54) is 0 Å². The number of carbonyl (C=O) groups excluding carboxylic acids is 1. The van der Waals surface area contributed by atoms with Crippen LogP contribution in [0.5, 0.6) is 0 Å². The Balaban J connectivity index is 1.17. The second-order valence-corrected chi connectivity index (χ2v) is 10.4. The molecule has 10 heteroatoms. The maximum atomic E-state index is 13.3. The highest BCUT2D eigenvalue weighted by Crippen LogP contribution is 2.26. The number of fused-ring (bicyclic) bond motifs is 1. The number of benzene rings is 1. The van der Waals surface area contributed by atoms with Gasteiger partial charge in [-0.15, -0.1) is 0 Å². The summed E-state index contributed by atoms with van der Waals surface area (Å²) in [6, 6.07) is 10.2. The number of likely N-dealkylation sites (N-methyl/N-ethyl adjacent to an activating group) is 1. The predicted octanol–water partition coefficient (Wildman–Crippen LogP) is 2.85. The van der Waals surface area contributed by atoms with Gasteiger partial charge in [-0.2, -0.15) is 5.10 Å². The number of hydrogen-bond donors (Lipinski definition) is 2. The number of piperazine rings is 1. The number of nitrogens with zero attached hydrogens (tertiary/aromatic N) is 6. The van der Waals surface area contributed by atoms with Crippen LogP contribution in [0, 0.1) is 0 Å². The van der Waals surface area contributed by atoms with E-state index in [9.17, 15) is 4.79 Å². The number of amides is 1. The molecule has 0 saturated carbocycles. The number of H-pyrrole nitrogens is 1. The number of carbonyl (C=O) groups is 1. The molecule has 1 amide bonds. The number of ether oxygens (including phenoxy) is 1. The molecule has 1 aromatic carbocycles. The van der Waals surface area contributed by atoms with Gasteiger partial charge in [0.15, 0.2) is 5.69 Å². The quantitative estimate of drug-likeness (QED) is 0.379. The van der Waals surface area contributed by atoms with E-state index < -0.39 is 0 Å². The molecule has 0 unspecified atom stereocenters. The molecule has 10 nitrogen and oxygen atoms in total. The molecule has 0 aliphatic carbocycles. The highest BCUT2D eigenvalue weighted by molar-refractivity contribution is 6.11. The summed E-state index contributed by atoms with van der Waals surface area (Å²) in [5, 5.41) is 11.1. The summed E-state index contributed by atoms with van der Waals surface area (Å²) in [4.78, 5) is 29.3. The molecule has 0 atom stereocenters. The molecular formula is C29H34N8O2. The Hall–Kier alpha value is -3.70. The van der Waals surface area contributed by atoms with Crippen molar-refractivity contribution >= 4 is 22.5 Å². The lowest BCUT2D eigenvalue weighted by Crippen LogP contribution is -2.43. The number of aromatic amines is 1. The third-order valence-electron chi connectivity index (χ3n) is 7.47. The molecule has 2 aliphatic heterocycles. The van der Waals surface area contributed by atoms with E-state index in [1.54, 1.807) is 6.20 Å². The molecule has 2 N–H and O–H groups in total. The summed E-state index contributed by atoms with van der Waals surface area (Å²) >= 11 is 0. The van der Waals surface area contributed by atoms with Crippen molar-refractivity contribution in [2.75, 3.05) is 64.8 Å². The summed E-state index contributed by atoms with van der Waals surface area (Å²) in [6.45, 7) is 9.23. The fourth-order valence-corrected chi connectivity index (χ4v) is 5.21. The van der Waals surface area contributed by atoms with Gasteiger partial charge in [-0.3, -0.25) is 29.7 Å². The molecule has 2 aliphatic rings. The Labute approximate surface area is 228 Å². The predicted molar refractivity (Wildman–Crippen MR) is 150 cm³/mol. The van der Waals surface area contributed by atoms with Gasteiger partial charge in [-0.1, -0.05) is 6.07 Å². The first-order chi connectivity index (χ1) is 19.1. The first-order valence-electron chi connectivity index (χ1n) is 13.5. The summed E-state index contributed by atoms with van der Waals surface area (Å²) in [5.41, 5.74) is 6.07. The zero-order valence-electron chi connectivity index (χ0n) is 22.3. The van der Waals surface area contributed by atoms with E-state index in [0.29, 0.717) is 11.4 Å². The van der Waals surface area contributed by atoms with E-state index in [2.05, 4.69) is 53.3 Å². The van der Waals surface area contributed by atoms with Crippen molar-refractivity contribution in [3.05, 3.63) is 71.9 Å². The van der Waals surface area contributed by atoms with Crippen LogP contribution in [0.15, 0.2) is 55.1 Å². The molecule has 0 radical (unpaired) electrons. The van der Waals surface area contributed by atoms with E-state index >= 15 is 0 Å². The van der Waals surface area contributed by atoms with Crippen molar-refractivity contribution in [3.63, 3.8) is 0 Å². The average molecular weight is 527 g/mol. The number of pyridine rings is 2. The number of rotatable bonds is 7. The van der Waals surface area contributed by atoms with Crippen LogP contribution in [-0.4, -0.2) is 100 Å². The van der Waals surface area contributed by atoms with Crippen molar-refractivity contribution in [2.24, 2.45) is 0 Å². The van der Waals surface area contributed by atoms with E-state index in [4.69, 9.17) is 4.74 Å². The molecule has 2 saturated heterocycles. The normalized spacial score (nSPS) is 17.5. The Kier molecular flexibility index (Phi) is 7.60. The third-order valence-corrected chi connectivity index (χ3v) is 7.47. The van der Waals surface area contributed by atoms with Gasteiger partial charge in [0.05, 0.1) is 30.6 Å². The van der Waals surface area contributed by atoms with Gasteiger partial charge < -0.3 is 15.0 Å². The minimum Gasteiger partial charge on any atom is -0.379 e. The fraction of sp³-hybridized carbons (Fsp3) is 0.379. The van der Waals surface area contributed by atoms with E-state index in [-0.39, 0.29) is 5.91 Å². The number of nitrogens with one attached hydrogen (secondary N) is 2. The van der Waals surface area contributed by atoms with Crippen LogP contribution >= 0.6 is 0 Å². The molecule has 0 bridgehead atoms. The Morgan fingerprint density at radius 3 is 2.38 bits per heavy atom. The van der Waals surface area contributed by atoms with Crippen molar-refractivity contribution < 1.29 is 9.53 Å². The summed E-state index contributed by atoms with van der Waals surface area (Å²) in [5.74, 6) is -0.267. The zero-order chi connectivity index (χ0) is 26.6. The molecule has 4 aromatic rings. The van der Waals surface area contributed by atoms with E-state index in [1.807, 2.05) is 42.9 Å². The maximum absolute atomic E-state index is 13.3. The van der Waals surface area contributed by atoms with Crippen LogP contribution in [0.3, 0.4) is 0 Å². The zero-order valence-corrected chi connectivity index (χ0v) is 22.3. The molecule has 5 heterocycles. The fourth-order valence-electron chi connectivity index (χ4n) is 5.21. The first-order valence-corrected chi connectivity index (χ1v) is 13.5. The van der Waals surface area contributed by atoms with Crippen molar-refractivity contribution in [2.45, 2.75) is 13.1 Å². The molecule has 2 fully saturated rings. The largest absolute Gasteiger partial charge is 0.379 e. The SMILES string of the molecule is CN1CCN(Cc2cncc(NC(=O)c3n[nH]c4ccc(-c5cncc(CN6CCOCC6)c5)cc34)c2)CC1. The minimum atomic E-state index is -0.267. The Morgan fingerprint density at radius 1 is 0.872 bits per heavy atom. The number of morpholine rings is 1. The number of anilines is 1. The lowest BCUT2D eigenvalue weighted by molar-refractivity contribution is 0.0341. The molecule has 39 heavy (non-hydrogen) atoms. The molecular weight excluding hydrogens is 492 g/mol. The van der Waals surface area contributed by atoms with Gasteiger partial charge in [0.2, 0.25) is 0 Å². The Bertz CT molecular complexity index is 1440. The van der Waals surface area contributed by atoms with Gasteiger partial charge in [0, 0.05) is 81.9 Å². The lowest BCUT2D eigenvalue weighted by Gasteiger charge is -2.32. The second-order valence-electron chi connectivity index (χ2n) is 10.4. The third kappa shape index (κ3) is 6.15. The molecule has 6 rings (SSSR count). The first kappa shape index (κ1) is 25.6. The van der Waals surface area contributed by atoms with Crippen LogP contribution < -0.4 is 5.32 Å². The number of hydrogen-bond acceptors (Lipinski definition) is 8. The smallest absolute Gasteiger partial charge is 0.276 e. The monoisotopic (exact) mass is 526 g/mol. The Morgan fingerprint density at radius 2 is 1.59 bits per heavy atom. The van der Waals surface area contributed by atoms with Crippen molar-refractivity contribution in [3.8, 4) is 11.1 Å². The van der Waals surface area contributed by atoms with Crippen LogP contribution in [-0.2, 0) is 17.8 Å². The molecule has 202 valence electrons. The highest BCUT2D eigenvalue weighted by atomic mass is 16.5. The standard InChI is InChI=1S/C29H34N8O2/c1-35-4-6-36(7-5-35)20-22-13-25(18-31-16-22)32-29(38)28-26-14-23(2-3-27(26)33-34-28)24-12-21(15-30-17-24)19-37-8-10-39-11-9-37/h2-3,12-18H,4-11,19-20H2,1H3,(H,32,38)(H,33,34). The van der Waals surface area contributed by atoms with Crippen LogP contribution in [0.4, 0.5) is 5.69 Å². The van der Waals surface area contributed by atoms with Crippen LogP contribution in [0.2, 0.25) is 0 Å². The topological polar surface area (TPSA) is 103 Å². The summed E-state index contributed by atoms with van der Waals surface area (Å²) in [7, 11) is 2.15. The van der Waals surface area contributed by atoms with E-state index in [0.717, 1.165) is 98.7 Å². The lowest BCUT2D eigenvalue weighted by atomic mass is 10.0. The minimum absolute atomic E-state index is 0.267. The summed E-state index contributed by atoms with van der Waals surface area (Å²) < 4.78 is 5.47. The molecule has 0 spiro atoms. The van der Waals surface area contributed by atoms with Crippen LogP contribution in [0.1, 0.15) is 21.6 Å². The van der Waals surface area contributed by atoms with Gasteiger partial charge >= 0.3 is 0 Å². The number of aromatic nitrogens is 4. The maximum Gasteiger partial charge on any atom is 0.276 e. The van der Waals surface area contributed by atoms with Gasteiger partial charge in [0.1, 0.15) is 0 Å². The van der Waals surface area contributed by atoms with Gasteiger partial charge in [0.25, 0.3) is 5.91 Å². The van der Waals surface area contributed by atoms with Crippen molar-refractivity contribution in [1.29, 1.82) is 0 Å². The average Bonchev–Trinajstić information content (AvgIpc) is 3.39. The van der Waals surface area contributed by atoms with Gasteiger partial charge in [-0.25, -0.2) is 0 Å². The highest BCUT2D eigenvalue weighted by Gasteiger charge is 2.18. The second kappa shape index (κ2) is 11.6. The van der Waals surface area contributed by atoms with Crippen LogP contribution in [0.25, 0.3) is 22.0 Å². The summed E-state index contributed by atoms with van der Waals surface area (Å²) in [6.07, 6.45) is 7.32. The molecule has 3 aromatic heterocycles. The van der Waals surface area contributed by atoms with Gasteiger partial charge in [-0.05, 0) is 48.0 Å². The van der Waals surface area contributed by atoms with Crippen molar-refractivity contribution in [1.82, 2.24) is 34.9 Å².